The number of nitrogens with zero attached hydrogens (tertiary/aromatic N) is 4. The first-order chi connectivity index (χ1) is 9.95. The van der Waals surface area contributed by atoms with Gasteiger partial charge in [-0.2, -0.15) is 5.10 Å². The molecule has 0 radical (unpaired) electrons. The topological polar surface area (TPSA) is 85.8 Å². The van der Waals surface area contributed by atoms with Gasteiger partial charge in [0.25, 0.3) is 5.91 Å². The molecule has 0 unspecified atom stereocenters. The molecule has 0 aliphatic rings. The molecule has 0 aromatic carbocycles. The summed E-state index contributed by atoms with van der Waals surface area (Å²) in [6.45, 7) is 8.95. The monoisotopic (exact) mass is 291 g/mol. The van der Waals surface area contributed by atoms with Gasteiger partial charge in [-0.3, -0.25) is 4.79 Å². The molecule has 0 aliphatic carbocycles. The van der Waals surface area contributed by atoms with Gasteiger partial charge in [0, 0.05) is 19.0 Å². The van der Waals surface area contributed by atoms with Crippen molar-refractivity contribution in [1.82, 2.24) is 25.2 Å². The van der Waals surface area contributed by atoms with Crippen LogP contribution in [-0.4, -0.2) is 32.4 Å². The summed E-state index contributed by atoms with van der Waals surface area (Å²) in [6.07, 6.45) is 0.776. The Morgan fingerprint density at radius 3 is 2.81 bits per heavy atom. The summed E-state index contributed by atoms with van der Waals surface area (Å²) in [4.78, 5) is 16.2. The van der Waals surface area contributed by atoms with E-state index in [2.05, 4.69) is 34.4 Å². The third-order valence-electron chi connectivity index (χ3n) is 2.97. The average Bonchev–Trinajstić information content (AvgIpc) is 2.96. The first-order valence-corrected chi connectivity index (χ1v) is 7.07. The Labute approximate surface area is 123 Å². The standard InChI is InChI=1S/C14H21N5O2/c1-9(2)7-12-8-13(18-21-12)14(20)15-5-6-19-11(4)16-10(3)17-19/h8-9H,5-7H2,1-4H3,(H,15,20). The number of amides is 1. The van der Waals surface area contributed by atoms with E-state index in [-0.39, 0.29) is 5.91 Å². The summed E-state index contributed by atoms with van der Waals surface area (Å²) in [6, 6.07) is 1.69. The molecule has 1 amide bonds. The third-order valence-corrected chi connectivity index (χ3v) is 2.97. The molecule has 0 fully saturated rings. The van der Waals surface area contributed by atoms with Crippen LogP contribution in [0.5, 0.6) is 0 Å². The van der Waals surface area contributed by atoms with Crippen LogP contribution in [0.15, 0.2) is 10.6 Å². The molecule has 7 heteroatoms. The van der Waals surface area contributed by atoms with Gasteiger partial charge < -0.3 is 9.84 Å². The molecule has 0 atom stereocenters. The first-order valence-electron chi connectivity index (χ1n) is 7.07. The van der Waals surface area contributed by atoms with E-state index in [1.54, 1.807) is 10.7 Å². The zero-order chi connectivity index (χ0) is 15.4. The highest BCUT2D eigenvalue weighted by atomic mass is 16.5. The number of carbonyl (C=O) groups excluding carboxylic acids is 1. The molecule has 2 rings (SSSR count). The number of carbonyl (C=O) groups is 1. The van der Waals surface area contributed by atoms with E-state index in [4.69, 9.17) is 4.52 Å². The Morgan fingerprint density at radius 2 is 2.19 bits per heavy atom. The lowest BCUT2D eigenvalue weighted by atomic mass is 10.1. The minimum Gasteiger partial charge on any atom is -0.361 e. The van der Waals surface area contributed by atoms with Crippen LogP contribution in [0.1, 0.15) is 41.7 Å². The minimum atomic E-state index is -0.233. The van der Waals surface area contributed by atoms with E-state index in [0.29, 0.717) is 24.7 Å². The second kappa shape index (κ2) is 6.51. The van der Waals surface area contributed by atoms with Gasteiger partial charge in [-0.25, -0.2) is 9.67 Å². The van der Waals surface area contributed by atoms with E-state index in [9.17, 15) is 4.79 Å². The molecule has 0 aliphatic heterocycles. The van der Waals surface area contributed by atoms with Crippen LogP contribution in [-0.2, 0) is 13.0 Å². The zero-order valence-electron chi connectivity index (χ0n) is 12.9. The van der Waals surface area contributed by atoms with Crippen molar-refractivity contribution in [2.45, 2.75) is 40.7 Å². The molecule has 2 aromatic heterocycles. The number of hydrogen-bond acceptors (Lipinski definition) is 5. The fourth-order valence-electron chi connectivity index (χ4n) is 2.06. The summed E-state index contributed by atoms with van der Waals surface area (Å²) in [5.41, 5.74) is 0.317. The molecule has 0 bridgehead atoms. The van der Waals surface area contributed by atoms with Gasteiger partial charge in [-0.05, 0) is 19.8 Å². The molecular formula is C14H21N5O2. The summed E-state index contributed by atoms with van der Waals surface area (Å²) < 4.78 is 6.91. The Balaban J connectivity index is 1.84. The predicted molar refractivity (Wildman–Crippen MR) is 76.9 cm³/mol. The lowest BCUT2D eigenvalue weighted by molar-refractivity contribution is 0.0942. The van der Waals surface area contributed by atoms with Crippen LogP contribution < -0.4 is 5.32 Å². The Morgan fingerprint density at radius 1 is 1.43 bits per heavy atom. The highest BCUT2D eigenvalue weighted by molar-refractivity contribution is 5.92. The van der Waals surface area contributed by atoms with Crippen molar-refractivity contribution in [2.24, 2.45) is 5.92 Å². The van der Waals surface area contributed by atoms with Gasteiger partial charge >= 0.3 is 0 Å². The van der Waals surface area contributed by atoms with Gasteiger partial charge in [-0.15, -0.1) is 0 Å². The SMILES string of the molecule is Cc1nc(C)n(CCNC(=O)c2cc(CC(C)C)on2)n1. The van der Waals surface area contributed by atoms with E-state index < -0.39 is 0 Å². The number of aryl methyl sites for hydroxylation is 2. The second-order valence-corrected chi connectivity index (χ2v) is 5.46. The minimum absolute atomic E-state index is 0.233. The highest BCUT2D eigenvalue weighted by Crippen LogP contribution is 2.09. The summed E-state index contributed by atoms with van der Waals surface area (Å²) >= 11 is 0. The van der Waals surface area contributed by atoms with Crippen molar-refractivity contribution in [1.29, 1.82) is 0 Å². The van der Waals surface area contributed by atoms with Crippen LogP contribution in [0.2, 0.25) is 0 Å². The highest BCUT2D eigenvalue weighted by Gasteiger charge is 2.13. The molecule has 114 valence electrons. The lowest BCUT2D eigenvalue weighted by Gasteiger charge is -2.04. The van der Waals surface area contributed by atoms with Crippen molar-refractivity contribution in [3.8, 4) is 0 Å². The van der Waals surface area contributed by atoms with Crippen molar-refractivity contribution < 1.29 is 9.32 Å². The Kier molecular flexibility index (Phi) is 4.72. The largest absolute Gasteiger partial charge is 0.361 e. The maximum atomic E-state index is 11.9. The number of hydrogen-bond donors (Lipinski definition) is 1. The van der Waals surface area contributed by atoms with Gasteiger partial charge in [0.15, 0.2) is 5.69 Å². The average molecular weight is 291 g/mol. The maximum Gasteiger partial charge on any atom is 0.273 e. The molecular weight excluding hydrogens is 270 g/mol. The van der Waals surface area contributed by atoms with E-state index in [0.717, 1.165) is 23.8 Å². The summed E-state index contributed by atoms with van der Waals surface area (Å²) in [5, 5.41) is 10.8. The maximum absolute atomic E-state index is 11.9. The molecule has 2 aromatic rings. The number of aromatic nitrogens is 4. The molecule has 2 heterocycles. The Bertz CT molecular complexity index is 615. The molecule has 0 saturated heterocycles. The molecule has 7 nitrogen and oxygen atoms in total. The fraction of sp³-hybridized carbons (Fsp3) is 0.571. The molecule has 21 heavy (non-hydrogen) atoms. The normalized spacial score (nSPS) is 11.1. The van der Waals surface area contributed by atoms with Crippen LogP contribution in [0.4, 0.5) is 0 Å². The fourth-order valence-corrected chi connectivity index (χ4v) is 2.06. The molecule has 0 saturated carbocycles. The van der Waals surface area contributed by atoms with Gasteiger partial charge in [0.05, 0.1) is 6.54 Å². The van der Waals surface area contributed by atoms with Gasteiger partial charge in [-0.1, -0.05) is 19.0 Å². The number of nitrogens with one attached hydrogen (secondary N) is 1. The second-order valence-electron chi connectivity index (χ2n) is 5.46. The van der Waals surface area contributed by atoms with Gasteiger partial charge in [0.1, 0.15) is 17.4 Å². The van der Waals surface area contributed by atoms with Crippen molar-refractivity contribution in [2.75, 3.05) is 6.54 Å². The van der Waals surface area contributed by atoms with Crippen LogP contribution in [0, 0.1) is 19.8 Å². The summed E-state index contributed by atoms with van der Waals surface area (Å²) in [7, 11) is 0. The number of rotatable bonds is 6. The molecule has 1 N–H and O–H groups in total. The van der Waals surface area contributed by atoms with Crippen LogP contribution >= 0.6 is 0 Å². The molecule has 0 spiro atoms. The van der Waals surface area contributed by atoms with Crippen LogP contribution in [0.25, 0.3) is 0 Å². The smallest absolute Gasteiger partial charge is 0.273 e. The van der Waals surface area contributed by atoms with Crippen LogP contribution in [0.3, 0.4) is 0 Å². The lowest BCUT2D eigenvalue weighted by Crippen LogP contribution is -2.28. The summed E-state index contributed by atoms with van der Waals surface area (Å²) in [5.74, 6) is 2.53. The van der Waals surface area contributed by atoms with Gasteiger partial charge in [0.2, 0.25) is 0 Å². The van der Waals surface area contributed by atoms with Crippen molar-refractivity contribution in [3.63, 3.8) is 0 Å². The zero-order valence-corrected chi connectivity index (χ0v) is 12.9. The van der Waals surface area contributed by atoms with E-state index in [1.807, 2.05) is 13.8 Å². The van der Waals surface area contributed by atoms with E-state index in [1.165, 1.54) is 0 Å². The Hall–Kier alpha value is -2.18. The predicted octanol–water partition coefficient (Wildman–Crippen LogP) is 1.51. The van der Waals surface area contributed by atoms with Crippen molar-refractivity contribution >= 4 is 5.91 Å². The first kappa shape index (κ1) is 15.2. The quantitative estimate of drug-likeness (QED) is 0.872. The third kappa shape index (κ3) is 4.14. The van der Waals surface area contributed by atoms with Crippen molar-refractivity contribution in [3.05, 3.63) is 29.2 Å². The van der Waals surface area contributed by atoms with E-state index >= 15 is 0 Å².